The van der Waals surface area contributed by atoms with Crippen molar-refractivity contribution in [3.8, 4) is 11.5 Å². The molecule has 1 aromatic heterocycles. The summed E-state index contributed by atoms with van der Waals surface area (Å²) in [6, 6.07) is 7.64. The Morgan fingerprint density at radius 2 is 1.96 bits per heavy atom. The third-order valence-electron chi connectivity index (χ3n) is 4.75. The highest BCUT2D eigenvalue weighted by Crippen LogP contribution is 2.32. The van der Waals surface area contributed by atoms with Crippen LogP contribution < -0.4 is 20.1 Å². The van der Waals surface area contributed by atoms with Crippen LogP contribution in [0.2, 0.25) is 0 Å². The largest absolute Gasteiger partial charge is 0.454 e. The van der Waals surface area contributed by atoms with Crippen molar-refractivity contribution >= 4 is 11.6 Å². The number of morpholine rings is 1. The zero-order valence-electron chi connectivity index (χ0n) is 15.6. The van der Waals surface area contributed by atoms with E-state index in [0.29, 0.717) is 18.7 Å². The first-order valence-electron chi connectivity index (χ1n) is 9.44. The summed E-state index contributed by atoms with van der Waals surface area (Å²) in [5.41, 5.74) is 2.39. The minimum absolute atomic E-state index is 0.118. The number of nitrogens with zero attached hydrogens (tertiary/aromatic N) is 2. The smallest absolute Gasteiger partial charge is 0.252 e. The average Bonchev–Trinajstić information content (AvgIpc) is 3.21. The molecular formula is C20H24N4O4. The van der Waals surface area contributed by atoms with Gasteiger partial charge in [-0.05, 0) is 23.8 Å². The average molecular weight is 384 g/mol. The summed E-state index contributed by atoms with van der Waals surface area (Å²) in [6.07, 6.45) is 3.29. The lowest BCUT2D eigenvalue weighted by Crippen LogP contribution is -2.41. The number of carbonyl (C=O) groups excluding carboxylic acids is 1. The number of pyridine rings is 1. The van der Waals surface area contributed by atoms with E-state index in [0.717, 1.165) is 55.6 Å². The summed E-state index contributed by atoms with van der Waals surface area (Å²) in [7, 11) is 0. The highest BCUT2D eigenvalue weighted by molar-refractivity contribution is 5.94. The second-order valence-corrected chi connectivity index (χ2v) is 6.71. The zero-order valence-corrected chi connectivity index (χ0v) is 15.6. The Balaban J connectivity index is 1.28. The van der Waals surface area contributed by atoms with Gasteiger partial charge in [0.2, 0.25) is 6.79 Å². The van der Waals surface area contributed by atoms with Crippen LogP contribution in [0.4, 0.5) is 5.69 Å². The Morgan fingerprint density at radius 1 is 1.11 bits per heavy atom. The van der Waals surface area contributed by atoms with E-state index in [-0.39, 0.29) is 12.7 Å². The minimum atomic E-state index is -0.118. The third kappa shape index (κ3) is 4.71. The van der Waals surface area contributed by atoms with Gasteiger partial charge >= 0.3 is 0 Å². The highest BCUT2D eigenvalue weighted by Gasteiger charge is 2.14. The molecule has 1 saturated heterocycles. The molecule has 0 spiro atoms. The van der Waals surface area contributed by atoms with Crippen LogP contribution in [0.5, 0.6) is 11.5 Å². The van der Waals surface area contributed by atoms with E-state index >= 15 is 0 Å². The number of nitrogens with one attached hydrogen (secondary N) is 2. The normalized spacial score (nSPS) is 16.0. The lowest BCUT2D eigenvalue weighted by molar-refractivity contribution is 0.0383. The molecule has 1 amide bonds. The first-order valence-corrected chi connectivity index (χ1v) is 9.44. The van der Waals surface area contributed by atoms with Crippen molar-refractivity contribution in [1.82, 2.24) is 15.2 Å². The van der Waals surface area contributed by atoms with Crippen LogP contribution in [0, 0.1) is 0 Å². The van der Waals surface area contributed by atoms with Gasteiger partial charge in [0.05, 0.1) is 24.5 Å². The van der Waals surface area contributed by atoms with E-state index in [9.17, 15) is 4.79 Å². The maximum Gasteiger partial charge on any atom is 0.252 e. The van der Waals surface area contributed by atoms with Crippen LogP contribution in [-0.4, -0.2) is 62.0 Å². The van der Waals surface area contributed by atoms with Gasteiger partial charge in [-0.25, -0.2) is 0 Å². The molecule has 8 nitrogen and oxygen atoms in total. The molecule has 0 radical (unpaired) electrons. The molecular weight excluding hydrogens is 360 g/mol. The molecule has 4 rings (SSSR count). The van der Waals surface area contributed by atoms with Gasteiger partial charge in [-0.3, -0.25) is 14.7 Å². The topological polar surface area (TPSA) is 85.0 Å². The number of fused-ring (bicyclic) bond motifs is 1. The van der Waals surface area contributed by atoms with Gasteiger partial charge in [0.25, 0.3) is 5.91 Å². The Bertz CT molecular complexity index is 824. The maximum atomic E-state index is 12.4. The van der Waals surface area contributed by atoms with Gasteiger partial charge < -0.3 is 24.8 Å². The van der Waals surface area contributed by atoms with Gasteiger partial charge in [-0.15, -0.1) is 0 Å². The predicted molar refractivity (Wildman–Crippen MR) is 104 cm³/mol. The van der Waals surface area contributed by atoms with Gasteiger partial charge in [0.15, 0.2) is 11.5 Å². The molecule has 0 unspecified atom stereocenters. The molecule has 2 N–H and O–H groups in total. The molecule has 0 bridgehead atoms. The lowest BCUT2D eigenvalue weighted by Gasteiger charge is -2.26. The number of aromatic nitrogens is 1. The van der Waals surface area contributed by atoms with Crippen molar-refractivity contribution in [3.63, 3.8) is 0 Å². The SMILES string of the molecule is O=C(NCCN1CCOCC1)c1cncc(NCc2ccc3c(c2)OCO3)c1. The molecule has 2 aromatic rings. The molecule has 1 aromatic carbocycles. The van der Waals surface area contributed by atoms with Gasteiger partial charge in [0, 0.05) is 45.1 Å². The summed E-state index contributed by atoms with van der Waals surface area (Å²) in [4.78, 5) is 18.9. The number of anilines is 1. The van der Waals surface area contributed by atoms with Gasteiger partial charge in [-0.1, -0.05) is 6.07 Å². The number of hydrogen-bond donors (Lipinski definition) is 2. The van der Waals surface area contributed by atoms with Crippen molar-refractivity contribution in [2.75, 3.05) is 51.5 Å². The molecule has 148 valence electrons. The Hall–Kier alpha value is -2.84. The molecule has 0 saturated carbocycles. The van der Waals surface area contributed by atoms with E-state index in [4.69, 9.17) is 14.2 Å². The molecule has 2 aliphatic rings. The molecule has 8 heteroatoms. The first-order chi connectivity index (χ1) is 13.8. The van der Waals surface area contributed by atoms with Crippen molar-refractivity contribution in [2.45, 2.75) is 6.54 Å². The lowest BCUT2D eigenvalue weighted by atomic mass is 10.2. The van der Waals surface area contributed by atoms with Crippen LogP contribution in [0.1, 0.15) is 15.9 Å². The summed E-state index contributed by atoms with van der Waals surface area (Å²) in [5.74, 6) is 1.40. The number of benzene rings is 1. The van der Waals surface area contributed by atoms with Gasteiger partial charge in [0.1, 0.15) is 0 Å². The van der Waals surface area contributed by atoms with Crippen LogP contribution in [0.3, 0.4) is 0 Å². The van der Waals surface area contributed by atoms with E-state index in [1.807, 2.05) is 24.3 Å². The summed E-state index contributed by atoms with van der Waals surface area (Å²) in [5, 5.41) is 6.25. The van der Waals surface area contributed by atoms with Crippen molar-refractivity contribution in [2.24, 2.45) is 0 Å². The fourth-order valence-electron chi connectivity index (χ4n) is 3.17. The second kappa shape index (κ2) is 8.90. The van der Waals surface area contributed by atoms with Crippen LogP contribution in [0.15, 0.2) is 36.7 Å². The molecule has 0 aliphatic carbocycles. The Labute approximate surface area is 163 Å². The summed E-state index contributed by atoms with van der Waals surface area (Å²) in [6.45, 7) is 5.63. The standard InChI is InChI=1S/C20H24N4O4/c25-20(22-3-4-24-5-7-26-8-6-24)16-10-17(13-21-12-16)23-11-15-1-2-18-19(9-15)28-14-27-18/h1-2,9-10,12-13,23H,3-8,11,14H2,(H,22,25). The minimum Gasteiger partial charge on any atom is -0.454 e. The quantitative estimate of drug-likeness (QED) is 0.748. The van der Waals surface area contributed by atoms with E-state index in [1.54, 1.807) is 12.4 Å². The number of rotatable bonds is 7. The maximum absolute atomic E-state index is 12.4. The van der Waals surface area contributed by atoms with Crippen LogP contribution in [-0.2, 0) is 11.3 Å². The van der Waals surface area contributed by atoms with E-state index < -0.39 is 0 Å². The molecule has 28 heavy (non-hydrogen) atoms. The predicted octanol–water partition coefficient (Wildman–Crippen LogP) is 1.48. The van der Waals surface area contributed by atoms with Crippen molar-refractivity contribution in [3.05, 3.63) is 47.8 Å². The summed E-state index contributed by atoms with van der Waals surface area (Å²) >= 11 is 0. The van der Waals surface area contributed by atoms with Crippen molar-refractivity contribution in [1.29, 1.82) is 0 Å². The zero-order chi connectivity index (χ0) is 19.2. The van der Waals surface area contributed by atoms with Crippen molar-refractivity contribution < 1.29 is 19.0 Å². The number of carbonyl (C=O) groups is 1. The molecule has 3 heterocycles. The van der Waals surface area contributed by atoms with E-state index in [1.165, 1.54) is 0 Å². The third-order valence-corrected chi connectivity index (χ3v) is 4.75. The Morgan fingerprint density at radius 3 is 2.86 bits per heavy atom. The second-order valence-electron chi connectivity index (χ2n) is 6.71. The number of ether oxygens (including phenoxy) is 3. The highest BCUT2D eigenvalue weighted by atomic mass is 16.7. The first kappa shape index (κ1) is 18.5. The molecule has 1 fully saturated rings. The Kier molecular flexibility index (Phi) is 5.89. The van der Waals surface area contributed by atoms with Crippen LogP contribution >= 0.6 is 0 Å². The molecule has 2 aliphatic heterocycles. The fourth-order valence-corrected chi connectivity index (χ4v) is 3.17. The van der Waals surface area contributed by atoms with Gasteiger partial charge in [-0.2, -0.15) is 0 Å². The number of amides is 1. The van der Waals surface area contributed by atoms with E-state index in [2.05, 4.69) is 20.5 Å². The fraction of sp³-hybridized carbons (Fsp3) is 0.400. The van der Waals surface area contributed by atoms with Crippen LogP contribution in [0.25, 0.3) is 0 Å². The number of hydrogen-bond acceptors (Lipinski definition) is 7. The monoisotopic (exact) mass is 384 g/mol. The molecule has 0 atom stereocenters. The summed E-state index contributed by atoms with van der Waals surface area (Å²) < 4.78 is 16.0.